The molecule has 1 N–H and O–H groups in total. The number of anilines is 1. The number of fused-ring (bicyclic) bond motifs is 1. The normalized spacial score (nSPS) is 10.8. The Labute approximate surface area is 159 Å². The van der Waals surface area contributed by atoms with Gasteiger partial charge in [0, 0.05) is 12.3 Å². The summed E-state index contributed by atoms with van der Waals surface area (Å²) in [6.45, 7) is 3.65. The Balaban J connectivity index is 1.72. The fourth-order valence-electron chi connectivity index (χ4n) is 2.61. The minimum atomic E-state index is -0.525. The molecule has 28 heavy (non-hydrogen) atoms. The van der Waals surface area contributed by atoms with Crippen molar-refractivity contribution in [2.45, 2.75) is 13.8 Å². The summed E-state index contributed by atoms with van der Waals surface area (Å²) in [6.07, 6.45) is 5.73. The molecule has 0 bridgehead atoms. The standard InChI is InChI=1S/C19H15FN6O2/c1-11-3-4-17(22-7-11)23-19(27)16-6-15(10-26-12(2)24-25-18(16)26)28-14-5-13(20)8-21-9-14/h3-10H,1-2H3,(H,22,23,27). The molecule has 4 rings (SSSR count). The molecule has 0 aliphatic carbocycles. The van der Waals surface area contributed by atoms with E-state index in [4.69, 9.17) is 4.74 Å². The molecule has 0 saturated carbocycles. The lowest BCUT2D eigenvalue weighted by Crippen LogP contribution is -2.14. The first-order valence-corrected chi connectivity index (χ1v) is 8.37. The SMILES string of the molecule is Cc1ccc(NC(=O)c2cc(Oc3cncc(F)c3)cn3c(C)nnc23)nc1. The molecule has 0 aromatic carbocycles. The van der Waals surface area contributed by atoms with E-state index >= 15 is 0 Å². The lowest BCUT2D eigenvalue weighted by atomic mass is 10.2. The second kappa shape index (κ2) is 7.03. The predicted octanol–water partition coefficient (Wildman–Crippen LogP) is 3.32. The van der Waals surface area contributed by atoms with Gasteiger partial charge in [0.1, 0.15) is 29.0 Å². The Kier molecular flexibility index (Phi) is 4.40. The van der Waals surface area contributed by atoms with Crippen LogP contribution in [0.3, 0.4) is 0 Å². The van der Waals surface area contributed by atoms with Crippen molar-refractivity contribution in [3.8, 4) is 11.5 Å². The number of aromatic nitrogens is 5. The zero-order valence-electron chi connectivity index (χ0n) is 15.0. The number of amides is 1. The van der Waals surface area contributed by atoms with Gasteiger partial charge in [-0.05, 0) is 31.5 Å². The number of halogens is 1. The maximum Gasteiger partial charge on any atom is 0.260 e. The zero-order valence-corrected chi connectivity index (χ0v) is 15.0. The van der Waals surface area contributed by atoms with Gasteiger partial charge in [0.05, 0.1) is 24.2 Å². The van der Waals surface area contributed by atoms with Gasteiger partial charge in [-0.25, -0.2) is 9.37 Å². The van der Waals surface area contributed by atoms with Crippen molar-refractivity contribution < 1.29 is 13.9 Å². The van der Waals surface area contributed by atoms with E-state index in [2.05, 4.69) is 25.5 Å². The molecule has 0 aliphatic heterocycles. The Morgan fingerprint density at radius 1 is 1.11 bits per heavy atom. The zero-order chi connectivity index (χ0) is 19.7. The number of carbonyl (C=O) groups is 1. The van der Waals surface area contributed by atoms with Crippen molar-refractivity contribution in [1.29, 1.82) is 0 Å². The van der Waals surface area contributed by atoms with Crippen molar-refractivity contribution in [3.63, 3.8) is 0 Å². The topological polar surface area (TPSA) is 94.3 Å². The van der Waals surface area contributed by atoms with Crippen LogP contribution in [0.1, 0.15) is 21.7 Å². The average molecular weight is 378 g/mol. The summed E-state index contributed by atoms with van der Waals surface area (Å²) < 4.78 is 20.7. The summed E-state index contributed by atoms with van der Waals surface area (Å²) in [5, 5.41) is 10.8. The van der Waals surface area contributed by atoms with E-state index in [0.29, 0.717) is 23.0 Å². The first-order chi connectivity index (χ1) is 13.5. The minimum absolute atomic E-state index is 0.205. The molecule has 4 heterocycles. The van der Waals surface area contributed by atoms with Gasteiger partial charge in [-0.3, -0.25) is 14.2 Å². The number of carbonyl (C=O) groups excluding carboxylic acids is 1. The summed E-state index contributed by atoms with van der Waals surface area (Å²) in [4.78, 5) is 20.7. The quantitative estimate of drug-likeness (QED) is 0.585. The van der Waals surface area contributed by atoms with E-state index in [-0.39, 0.29) is 11.3 Å². The lowest BCUT2D eigenvalue weighted by Gasteiger charge is -2.10. The van der Waals surface area contributed by atoms with Crippen LogP contribution in [0.4, 0.5) is 10.2 Å². The largest absolute Gasteiger partial charge is 0.454 e. The number of hydrogen-bond acceptors (Lipinski definition) is 6. The summed E-state index contributed by atoms with van der Waals surface area (Å²) >= 11 is 0. The third kappa shape index (κ3) is 3.50. The van der Waals surface area contributed by atoms with Crippen LogP contribution in [0.5, 0.6) is 11.5 Å². The second-order valence-corrected chi connectivity index (χ2v) is 6.15. The maximum absolute atomic E-state index is 13.4. The van der Waals surface area contributed by atoms with Gasteiger partial charge in [-0.15, -0.1) is 10.2 Å². The fraction of sp³-hybridized carbons (Fsp3) is 0.105. The van der Waals surface area contributed by atoms with Crippen LogP contribution < -0.4 is 10.1 Å². The van der Waals surface area contributed by atoms with Gasteiger partial charge >= 0.3 is 0 Å². The van der Waals surface area contributed by atoms with Gasteiger partial charge in [-0.1, -0.05) is 6.07 Å². The molecular formula is C19H15FN6O2. The molecule has 0 spiro atoms. The third-order valence-corrected chi connectivity index (χ3v) is 3.96. The van der Waals surface area contributed by atoms with Gasteiger partial charge in [0.25, 0.3) is 5.91 Å². The first kappa shape index (κ1) is 17.5. The van der Waals surface area contributed by atoms with E-state index in [1.807, 2.05) is 13.0 Å². The van der Waals surface area contributed by atoms with Crippen LogP contribution in [-0.4, -0.2) is 30.5 Å². The number of ether oxygens (including phenoxy) is 1. The van der Waals surface area contributed by atoms with Crippen molar-refractivity contribution in [2.24, 2.45) is 0 Å². The highest BCUT2D eigenvalue weighted by molar-refractivity contribution is 6.08. The van der Waals surface area contributed by atoms with Crippen molar-refractivity contribution in [2.75, 3.05) is 5.32 Å². The van der Waals surface area contributed by atoms with Crippen LogP contribution in [0.2, 0.25) is 0 Å². The Bertz CT molecular complexity index is 1170. The molecule has 0 unspecified atom stereocenters. The predicted molar refractivity (Wildman–Crippen MR) is 98.9 cm³/mol. The van der Waals surface area contributed by atoms with E-state index in [1.54, 1.807) is 29.8 Å². The highest BCUT2D eigenvalue weighted by Gasteiger charge is 2.17. The smallest absolute Gasteiger partial charge is 0.260 e. The molecule has 140 valence electrons. The second-order valence-electron chi connectivity index (χ2n) is 6.15. The van der Waals surface area contributed by atoms with Crippen molar-refractivity contribution in [1.82, 2.24) is 24.6 Å². The molecule has 4 aromatic heterocycles. The number of hydrogen-bond donors (Lipinski definition) is 1. The number of nitrogens with zero attached hydrogens (tertiary/aromatic N) is 5. The monoisotopic (exact) mass is 378 g/mol. The number of rotatable bonds is 4. The van der Waals surface area contributed by atoms with Crippen molar-refractivity contribution in [3.05, 3.63) is 71.8 Å². The maximum atomic E-state index is 13.4. The molecule has 0 saturated heterocycles. The van der Waals surface area contributed by atoms with Gasteiger partial charge < -0.3 is 10.1 Å². The van der Waals surface area contributed by atoms with E-state index in [0.717, 1.165) is 11.8 Å². The van der Waals surface area contributed by atoms with Crippen molar-refractivity contribution >= 4 is 17.4 Å². The van der Waals surface area contributed by atoms with Crippen LogP contribution in [0.15, 0.2) is 49.1 Å². The highest BCUT2D eigenvalue weighted by atomic mass is 19.1. The molecule has 1 amide bonds. The third-order valence-electron chi connectivity index (χ3n) is 3.96. The molecule has 0 aliphatic rings. The first-order valence-electron chi connectivity index (χ1n) is 8.37. The Hall–Kier alpha value is -3.88. The van der Waals surface area contributed by atoms with Crippen LogP contribution in [0, 0.1) is 19.7 Å². The molecule has 8 nitrogen and oxygen atoms in total. The molecular weight excluding hydrogens is 363 g/mol. The van der Waals surface area contributed by atoms with E-state index in [1.165, 1.54) is 18.3 Å². The van der Waals surface area contributed by atoms with Crippen LogP contribution >= 0.6 is 0 Å². The summed E-state index contributed by atoms with van der Waals surface area (Å²) in [5.41, 5.74) is 1.59. The summed E-state index contributed by atoms with van der Waals surface area (Å²) in [7, 11) is 0. The molecule has 0 fully saturated rings. The highest BCUT2D eigenvalue weighted by Crippen LogP contribution is 2.25. The van der Waals surface area contributed by atoms with Crippen LogP contribution in [0.25, 0.3) is 5.65 Å². The van der Waals surface area contributed by atoms with E-state index < -0.39 is 11.7 Å². The lowest BCUT2D eigenvalue weighted by molar-refractivity contribution is 0.102. The number of pyridine rings is 3. The van der Waals surface area contributed by atoms with Gasteiger partial charge in [0.15, 0.2) is 5.65 Å². The fourth-order valence-corrected chi connectivity index (χ4v) is 2.61. The minimum Gasteiger partial charge on any atom is -0.454 e. The summed E-state index contributed by atoms with van der Waals surface area (Å²) in [6, 6.07) is 6.26. The van der Waals surface area contributed by atoms with E-state index in [9.17, 15) is 9.18 Å². The van der Waals surface area contributed by atoms with Gasteiger partial charge in [-0.2, -0.15) is 0 Å². The van der Waals surface area contributed by atoms with Gasteiger partial charge in [0.2, 0.25) is 0 Å². The molecule has 0 atom stereocenters. The number of aryl methyl sites for hydroxylation is 2. The molecule has 9 heteroatoms. The average Bonchev–Trinajstić information content (AvgIpc) is 3.04. The summed E-state index contributed by atoms with van der Waals surface area (Å²) in [5.74, 6) is 0.548. The Morgan fingerprint density at radius 2 is 1.96 bits per heavy atom. The number of nitrogens with one attached hydrogen (secondary N) is 1. The molecule has 0 radical (unpaired) electrons. The molecule has 4 aromatic rings. The Morgan fingerprint density at radius 3 is 2.71 bits per heavy atom. The van der Waals surface area contributed by atoms with Crippen LogP contribution in [-0.2, 0) is 0 Å².